The summed E-state index contributed by atoms with van der Waals surface area (Å²) in [5.41, 5.74) is 0. The first-order valence-corrected chi connectivity index (χ1v) is 7.44. The second-order valence-electron chi connectivity index (χ2n) is 5.61. The Hall–Kier alpha value is -0.610. The van der Waals surface area contributed by atoms with Crippen molar-refractivity contribution < 1.29 is 4.79 Å². The highest BCUT2D eigenvalue weighted by atomic mass is 16.2. The van der Waals surface area contributed by atoms with Crippen LogP contribution >= 0.6 is 0 Å². The molecule has 2 fully saturated rings. The highest BCUT2D eigenvalue weighted by molar-refractivity contribution is 5.81. The smallest absolute Gasteiger partial charge is 0.239 e. The summed E-state index contributed by atoms with van der Waals surface area (Å²) in [6, 6.07) is 1.33. The van der Waals surface area contributed by atoms with Crippen molar-refractivity contribution in [2.24, 2.45) is 0 Å². The van der Waals surface area contributed by atoms with Gasteiger partial charge in [0.05, 0.1) is 6.04 Å². The van der Waals surface area contributed by atoms with Gasteiger partial charge in [-0.25, -0.2) is 0 Å². The van der Waals surface area contributed by atoms with E-state index in [2.05, 4.69) is 31.0 Å². The zero-order valence-corrected chi connectivity index (χ0v) is 12.0. The number of amides is 1. The van der Waals surface area contributed by atoms with Crippen molar-refractivity contribution in [2.75, 3.05) is 26.2 Å². The summed E-state index contributed by atoms with van der Waals surface area (Å²) in [4.78, 5) is 16.7. The molecule has 18 heavy (non-hydrogen) atoms. The van der Waals surface area contributed by atoms with Crippen LogP contribution in [-0.4, -0.2) is 60.0 Å². The van der Waals surface area contributed by atoms with Gasteiger partial charge in [-0.05, 0) is 40.0 Å². The van der Waals surface area contributed by atoms with E-state index in [0.717, 1.165) is 26.2 Å². The lowest BCUT2D eigenvalue weighted by molar-refractivity contribution is -0.136. The van der Waals surface area contributed by atoms with Crippen LogP contribution in [0.5, 0.6) is 0 Å². The molecule has 2 aliphatic heterocycles. The summed E-state index contributed by atoms with van der Waals surface area (Å²) in [6.07, 6.45) is 3.77. The van der Waals surface area contributed by atoms with Crippen molar-refractivity contribution in [1.82, 2.24) is 15.1 Å². The number of nitrogens with zero attached hydrogens (tertiary/aromatic N) is 2. The lowest BCUT2D eigenvalue weighted by Gasteiger charge is -2.32. The average molecular weight is 253 g/mol. The normalized spacial score (nSPS) is 29.9. The predicted octanol–water partition coefficient (Wildman–Crippen LogP) is 1.07. The molecule has 4 nitrogen and oxygen atoms in total. The Kier molecular flexibility index (Phi) is 4.62. The fourth-order valence-corrected chi connectivity index (χ4v) is 3.28. The van der Waals surface area contributed by atoms with Gasteiger partial charge in [-0.2, -0.15) is 0 Å². The summed E-state index contributed by atoms with van der Waals surface area (Å²) in [5, 5.41) is 3.67. The minimum absolute atomic E-state index is 0.0334. The second kappa shape index (κ2) is 6.02. The molecular weight excluding hydrogens is 226 g/mol. The third-order valence-corrected chi connectivity index (χ3v) is 4.53. The molecule has 104 valence electrons. The van der Waals surface area contributed by atoms with Crippen LogP contribution in [0.2, 0.25) is 0 Å². The molecule has 0 radical (unpaired) electrons. The van der Waals surface area contributed by atoms with Gasteiger partial charge >= 0.3 is 0 Å². The number of carbonyl (C=O) groups is 1. The Morgan fingerprint density at radius 3 is 2.61 bits per heavy atom. The minimum Gasteiger partial charge on any atom is -0.342 e. The Bertz CT molecular complexity index is 291. The molecule has 1 amide bonds. The summed E-state index contributed by atoms with van der Waals surface area (Å²) in [5.74, 6) is 0.290. The highest BCUT2D eigenvalue weighted by Crippen LogP contribution is 2.22. The lowest BCUT2D eigenvalue weighted by atomic mass is 10.1. The van der Waals surface area contributed by atoms with Crippen molar-refractivity contribution in [3.63, 3.8) is 0 Å². The first kappa shape index (κ1) is 13.8. The summed E-state index contributed by atoms with van der Waals surface area (Å²) < 4.78 is 0. The maximum Gasteiger partial charge on any atom is 0.239 e. The van der Waals surface area contributed by atoms with E-state index in [4.69, 9.17) is 0 Å². The molecule has 4 heteroatoms. The van der Waals surface area contributed by atoms with Crippen LogP contribution in [-0.2, 0) is 4.79 Å². The van der Waals surface area contributed by atoms with Crippen LogP contribution in [0.1, 0.15) is 40.0 Å². The van der Waals surface area contributed by atoms with Gasteiger partial charge in [-0.1, -0.05) is 0 Å². The van der Waals surface area contributed by atoms with Crippen molar-refractivity contribution >= 4 is 5.91 Å². The Balaban J connectivity index is 1.95. The zero-order valence-electron chi connectivity index (χ0n) is 12.0. The molecule has 0 aliphatic carbocycles. The number of likely N-dealkylation sites (tertiary alicyclic amines) is 1. The van der Waals surface area contributed by atoms with Crippen LogP contribution in [0.25, 0.3) is 0 Å². The van der Waals surface area contributed by atoms with E-state index in [1.54, 1.807) is 0 Å². The number of rotatable bonds is 4. The van der Waals surface area contributed by atoms with E-state index in [9.17, 15) is 4.79 Å². The van der Waals surface area contributed by atoms with Crippen LogP contribution in [0.3, 0.4) is 0 Å². The highest BCUT2D eigenvalue weighted by Gasteiger charge is 2.33. The topological polar surface area (TPSA) is 35.6 Å². The van der Waals surface area contributed by atoms with Crippen LogP contribution in [0.15, 0.2) is 0 Å². The van der Waals surface area contributed by atoms with Crippen molar-refractivity contribution in [1.29, 1.82) is 0 Å². The lowest BCUT2D eigenvalue weighted by Crippen LogP contribution is -2.49. The molecule has 2 bridgehead atoms. The molecule has 0 saturated carbocycles. The molecule has 0 spiro atoms. The number of hydrogen-bond donors (Lipinski definition) is 1. The van der Waals surface area contributed by atoms with Gasteiger partial charge in [0.2, 0.25) is 5.91 Å². The van der Waals surface area contributed by atoms with Gasteiger partial charge < -0.3 is 10.2 Å². The maximum absolute atomic E-state index is 12.4. The fraction of sp³-hybridized carbons (Fsp3) is 0.929. The van der Waals surface area contributed by atoms with Crippen LogP contribution in [0, 0.1) is 0 Å². The minimum atomic E-state index is 0.0334. The maximum atomic E-state index is 12.4. The summed E-state index contributed by atoms with van der Waals surface area (Å²) in [6.45, 7) is 9.91. The third kappa shape index (κ3) is 2.86. The van der Waals surface area contributed by atoms with Crippen LogP contribution < -0.4 is 5.32 Å². The monoisotopic (exact) mass is 253 g/mol. The van der Waals surface area contributed by atoms with Crippen molar-refractivity contribution in [2.45, 2.75) is 58.2 Å². The van der Waals surface area contributed by atoms with E-state index < -0.39 is 0 Å². The zero-order chi connectivity index (χ0) is 13.1. The average Bonchev–Trinajstić information content (AvgIpc) is 2.69. The van der Waals surface area contributed by atoms with Gasteiger partial charge in [-0.15, -0.1) is 0 Å². The van der Waals surface area contributed by atoms with Gasteiger partial charge in [-0.3, -0.25) is 9.69 Å². The number of fused-ring (bicyclic) bond motifs is 2. The standard InChI is InChI=1S/C14H27N3O/c1-4-16(5-2)14(18)11(3)17-9-8-12-6-7-13(10-17)15-12/h11-13,15H,4-10H2,1-3H3. The van der Waals surface area contributed by atoms with Crippen molar-refractivity contribution in [3.05, 3.63) is 0 Å². The van der Waals surface area contributed by atoms with E-state index in [1.165, 1.54) is 19.3 Å². The van der Waals surface area contributed by atoms with Gasteiger partial charge in [0.1, 0.15) is 0 Å². The molecule has 2 aliphatic rings. The van der Waals surface area contributed by atoms with E-state index in [1.807, 2.05) is 4.90 Å². The Morgan fingerprint density at radius 2 is 1.94 bits per heavy atom. The predicted molar refractivity (Wildman–Crippen MR) is 73.5 cm³/mol. The third-order valence-electron chi connectivity index (χ3n) is 4.53. The first-order chi connectivity index (χ1) is 8.65. The Labute approximate surface area is 111 Å². The molecule has 0 aromatic carbocycles. The SMILES string of the molecule is CCN(CC)C(=O)C(C)N1CCC2CCC(C1)N2. The second-order valence-corrected chi connectivity index (χ2v) is 5.61. The molecule has 3 unspecified atom stereocenters. The number of hydrogen-bond acceptors (Lipinski definition) is 3. The number of nitrogens with one attached hydrogen (secondary N) is 1. The van der Waals surface area contributed by atoms with E-state index >= 15 is 0 Å². The molecule has 2 saturated heterocycles. The summed E-state index contributed by atoms with van der Waals surface area (Å²) >= 11 is 0. The Morgan fingerprint density at radius 1 is 1.28 bits per heavy atom. The molecule has 2 heterocycles. The largest absolute Gasteiger partial charge is 0.342 e. The molecular formula is C14H27N3O. The van der Waals surface area contributed by atoms with Gasteiger partial charge in [0, 0.05) is 38.3 Å². The molecule has 0 aromatic heterocycles. The van der Waals surface area contributed by atoms with Crippen molar-refractivity contribution in [3.8, 4) is 0 Å². The van der Waals surface area contributed by atoms with Gasteiger partial charge in [0.15, 0.2) is 0 Å². The first-order valence-electron chi connectivity index (χ1n) is 7.44. The number of carbonyl (C=O) groups excluding carboxylic acids is 1. The summed E-state index contributed by atoms with van der Waals surface area (Å²) in [7, 11) is 0. The van der Waals surface area contributed by atoms with Gasteiger partial charge in [0.25, 0.3) is 0 Å². The number of likely N-dealkylation sites (N-methyl/N-ethyl adjacent to an activating group) is 1. The molecule has 3 atom stereocenters. The molecule has 2 rings (SSSR count). The van der Waals surface area contributed by atoms with E-state index in [-0.39, 0.29) is 11.9 Å². The quantitative estimate of drug-likeness (QED) is 0.814. The fourth-order valence-electron chi connectivity index (χ4n) is 3.28. The van der Waals surface area contributed by atoms with Crippen LogP contribution in [0.4, 0.5) is 0 Å². The molecule has 1 N–H and O–H groups in total. The molecule has 0 aromatic rings. The van der Waals surface area contributed by atoms with E-state index in [0.29, 0.717) is 12.1 Å².